The van der Waals surface area contributed by atoms with Gasteiger partial charge in [0.1, 0.15) is 0 Å². The molecule has 21 heavy (non-hydrogen) atoms. The van der Waals surface area contributed by atoms with Crippen molar-refractivity contribution in [3.63, 3.8) is 0 Å². The molecule has 0 bridgehead atoms. The summed E-state index contributed by atoms with van der Waals surface area (Å²) in [5.74, 6) is 0. The first kappa shape index (κ1) is 15.3. The molecule has 1 aromatic carbocycles. The lowest BCUT2D eigenvalue weighted by Crippen LogP contribution is -2.50. The molecule has 1 aromatic rings. The van der Waals surface area contributed by atoms with Gasteiger partial charge in [-0.05, 0) is 37.5 Å². The van der Waals surface area contributed by atoms with E-state index in [1.807, 2.05) is 0 Å². The number of benzene rings is 1. The molecular formula is C17H26BrN3. The van der Waals surface area contributed by atoms with E-state index in [0.29, 0.717) is 0 Å². The van der Waals surface area contributed by atoms with Gasteiger partial charge in [0.2, 0.25) is 0 Å². The Balaban J connectivity index is 1.70. The number of anilines is 1. The van der Waals surface area contributed by atoms with E-state index in [1.54, 1.807) is 0 Å². The topological polar surface area (TPSA) is 32.5 Å². The van der Waals surface area contributed by atoms with Crippen LogP contribution in [-0.4, -0.2) is 37.1 Å². The zero-order valence-corrected chi connectivity index (χ0v) is 14.5. The molecule has 4 heteroatoms. The standard InChI is InChI=1S/C17H26BrN3/c1-13(19)16-7-6-14(18)12-17(16)21-10-8-20(9-11-21)15-4-2-3-5-15/h6-7,12-13,15H,2-5,8-11,19H2,1H3. The lowest BCUT2D eigenvalue weighted by atomic mass is 10.0. The first-order valence-corrected chi connectivity index (χ1v) is 8.98. The molecule has 0 spiro atoms. The maximum Gasteiger partial charge on any atom is 0.0426 e. The molecule has 1 aliphatic carbocycles. The Bertz CT molecular complexity index is 475. The molecule has 1 saturated heterocycles. The Kier molecular flexibility index (Phi) is 4.87. The van der Waals surface area contributed by atoms with E-state index in [4.69, 9.17) is 5.73 Å². The van der Waals surface area contributed by atoms with E-state index in [9.17, 15) is 0 Å². The van der Waals surface area contributed by atoms with Crippen LogP contribution in [-0.2, 0) is 0 Å². The number of rotatable bonds is 3. The lowest BCUT2D eigenvalue weighted by molar-refractivity contribution is 0.187. The maximum atomic E-state index is 6.15. The summed E-state index contributed by atoms with van der Waals surface area (Å²) in [6, 6.07) is 7.41. The highest BCUT2D eigenvalue weighted by atomic mass is 79.9. The average Bonchev–Trinajstić information content (AvgIpc) is 3.01. The van der Waals surface area contributed by atoms with Gasteiger partial charge in [-0.15, -0.1) is 0 Å². The van der Waals surface area contributed by atoms with Gasteiger partial charge in [0.05, 0.1) is 0 Å². The smallest absolute Gasteiger partial charge is 0.0426 e. The van der Waals surface area contributed by atoms with Crippen LogP contribution in [0.3, 0.4) is 0 Å². The second kappa shape index (κ2) is 6.67. The molecule has 2 aliphatic rings. The van der Waals surface area contributed by atoms with Crippen LogP contribution in [0.4, 0.5) is 5.69 Å². The number of piperazine rings is 1. The molecule has 1 unspecified atom stereocenters. The Hall–Kier alpha value is -0.580. The largest absolute Gasteiger partial charge is 0.369 e. The lowest BCUT2D eigenvalue weighted by Gasteiger charge is -2.40. The maximum absolute atomic E-state index is 6.15. The summed E-state index contributed by atoms with van der Waals surface area (Å²) in [7, 11) is 0. The van der Waals surface area contributed by atoms with Gasteiger partial charge in [0, 0.05) is 48.4 Å². The molecule has 116 valence electrons. The second-order valence-electron chi connectivity index (χ2n) is 6.45. The highest BCUT2D eigenvalue weighted by Crippen LogP contribution is 2.31. The molecule has 0 radical (unpaired) electrons. The molecule has 1 aliphatic heterocycles. The fourth-order valence-electron chi connectivity index (χ4n) is 3.77. The zero-order chi connectivity index (χ0) is 14.8. The minimum atomic E-state index is 0.0842. The Morgan fingerprint density at radius 3 is 2.43 bits per heavy atom. The van der Waals surface area contributed by atoms with E-state index in [0.717, 1.165) is 23.6 Å². The summed E-state index contributed by atoms with van der Waals surface area (Å²) in [5, 5.41) is 0. The average molecular weight is 352 g/mol. The van der Waals surface area contributed by atoms with Crippen molar-refractivity contribution in [1.29, 1.82) is 0 Å². The SMILES string of the molecule is CC(N)c1ccc(Br)cc1N1CCN(C2CCCC2)CC1. The minimum Gasteiger partial charge on any atom is -0.369 e. The van der Waals surface area contributed by atoms with Gasteiger partial charge in [0.25, 0.3) is 0 Å². The van der Waals surface area contributed by atoms with Gasteiger partial charge >= 0.3 is 0 Å². The van der Waals surface area contributed by atoms with Gasteiger partial charge in [-0.3, -0.25) is 4.90 Å². The molecule has 2 fully saturated rings. The van der Waals surface area contributed by atoms with Crippen LogP contribution in [0.1, 0.15) is 44.2 Å². The quantitative estimate of drug-likeness (QED) is 0.903. The third-order valence-corrected chi connectivity index (χ3v) is 5.47. The van der Waals surface area contributed by atoms with Gasteiger partial charge in [-0.1, -0.05) is 34.8 Å². The highest BCUT2D eigenvalue weighted by Gasteiger charge is 2.27. The predicted molar refractivity (Wildman–Crippen MR) is 92.8 cm³/mol. The van der Waals surface area contributed by atoms with Crippen molar-refractivity contribution in [3.05, 3.63) is 28.2 Å². The van der Waals surface area contributed by atoms with E-state index < -0.39 is 0 Å². The van der Waals surface area contributed by atoms with Crippen molar-refractivity contribution < 1.29 is 0 Å². The summed E-state index contributed by atoms with van der Waals surface area (Å²) >= 11 is 3.60. The summed E-state index contributed by atoms with van der Waals surface area (Å²) < 4.78 is 1.14. The minimum absolute atomic E-state index is 0.0842. The fraction of sp³-hybridized carbons (Fsp3) is 0.647. The van der Waals surface area contributed by atoms with Crippen molar-refractivity contribution >= 4 is 21.6 Å². The van der Waals surface area contributed by atoms with Gasteiger partial charge in [-0.2, -0.15) is 0 Å². The van der Waals surface area contributed by atoms with Crippen LogP contribution < -0.4 is 10.6 Å². The monoisotopic (exact) mass is 351 g/mol. The normalized spacial score (nSPS) is 22.7. The van der Waals surface area contributed by atoms with Crippen LogP contribution >= 0.6 is 15.9 Å². The number of hydrogen-bond donors (Lipinski definition) is 1. The molecule has 1 atom stereocenters. The van der Waals surface area contributed by atoms with Crippen molar-refractivity contribution in [2.45, 2.75) is 44.7 Å². The fourth-order valence-corrected chi connectivity index (χ4v) is 4.12. The Morgan fingerprint density at radius 1 is 1.14 bits per heavy atom. The van der Waals surface area contributed by atoms with Crippen LogP contribution in [0.15, 0.2) is 22.7 Å². The number of hydrogen-bond acceptors (Lipinski definition) is 3. The third-order valence-electron chi connectivity index (χ3n) is 4.98. The van der Waals surface area contributed by atoms with E-state index in [1.165, 1.54) is 50.0 Å². The number of halogens is 1. The molecular weight excluding hydrogens is 326 g/mol. The Morgan fingerprint density at radius 2 is 1.81 bits per heavy atom. The molecule has 3 nitrogen and oxygen atoms in total. The van der Waals surface area contributed by atoms with E-state index in [2.05, 4.69) is 50.9 Å². The Labute approximate surface area is 136 Å². The number of nitrogens with two attached hydrogens (primary N) is 1. The third kappa shape index (κ3) is 3.43. The van der Waals surface area contributed by atoms with Crippen LogP contribution in [0.25, 0.3) is 0 Å². The van der Waals surface area contributed by atoms with E-state index >= 15 is 0 Å². The molecule has 2 N–H and O–H groups in total. The molecule has 0 aromatic heterocycles. The van der Waals surface area contributed by atoms with Crippen molar-refractivity contribution in [3.8, 4) is 0 Å². The first-order chi connectivity index (χ1) is 10.1. The predicted octanol–water partition coefficient (Wildman–Crippen LogP) is 3.53. The van der Waals surface area contributed by atoms with Crippen LogP contribution in [0.5, 0.6) is 0 Å². The van der Waals surface area contributed by atoms with Crippen LogP contribution in [0, 0.1) is 0 Å². The first-order valence-electron chi connectivity index (χ1n) is 8.19. The van der Waals surface area contributed by atoms with E-state index in [-0.39, 0.29) is 6.04 Å². The molecule has 3 rings (SSSR count). The number of nitrogens with zero attached hydrogens (tertiary/aromatic N) is 2. The summed E-state index contributed by atoms with van der Waals surface area (Å²) in [6.45, 7) is 6.69. The zero-order valence-electron chi connectivity index (χ0n) is 12.9. The van der Waals surface area contributed by atoms with Gasteiger partial charge in [-0.25, -0.2) is 0 Å². The molecule has 1 saturated carbocycles. The van der Waals surface area contributed by atoms with Crippen molar-refractivity contribution in [1.82, 2.24) is 4.90 Å². The van der Waals surface area contributed by atoms with Gasteiger partial charge in [0.15, 0.2) is 0 Å². The second-order valence-corrected chi connectivity index (χ2v) is 7.37. The van der Waals surface area contributed by atoms with Gasteiger partial charge < -0.3 is 10.6 Å². The van der Waals surface area contributed by atoms with Crippen LogP contribution in [0.2, 0.25) is 0 Å². The highest BCUT2D eigenvalue weighted by molar-refractivity contribution is 9.10. The van der Waals surface area contributed by atoms with Crippen molar-refractivity contribution in [2.24, 2.45) is 5.73 Å². The molecule has 1 heterocycles. The molecule has 0 amide bonds. The van der Waals surface area contributed by atoms with Crippen molar-refractivity contribution in [2.75, 3.05) is 31.1 Å². The summed E-state index contributed by atoms with van der Waals surface area (Å²) in [6.07, 6.45) is 5.65. The summed E-state index contributed by atoms with van der Waals surface area (Å²) in [5.41, 5.74) is 8.71. The summed E-state index contributed by atoms with van der Waals surface area (Å²) in [4.78, 5) is 5.21.